The molecule has 9 heteroatoms. The highest BCUT2D eigenvalue weighted by atomic mass is 16.5. The van der Waals surface area contributed by atoms with Crippen LogP contribution in [-0.4, -0.2) is 70.9 Å². The van der Waals surface area contributed by atoms with Crippen molar-refractivity contribution in [3.8, 4) is 5.75 Å². The van der Waals surface area contributed by atoms with Gasteiger partial charge >= 0.3 is 0 Å². The van der Waals surface area contributed by atoms with Crippen LogP contribution in [0.25, 0.3) is 0 Å². The van der Waals surface area contributed by atoms with Gasteiger partial charge in [0.15, 0.2) is 0 Å². The quantitative estimate of drug-likeness (QED) is 0.614. The van der Waals surface area contributed by atoms with Crippen LogP contribution in [0.1, 0.15) is 72.9 Å². The van der Waals surface area contributed by atoms with Gasteiger partial charge in [0.25, 0.3) is 5.91 Å². The first-order valence-corrected chi connectivity index (χ1v) is 13.2. The van der Waals surface area contributed by atoms with E-state index in [0.717, 1.165) is 55.4 Å². The maximum atomic E-state index is 13.2. The van der Waals surface area contributed by atoms with Crippen molar-refractivity contribution >= 4 is 23.6 Å². The third-order valence-electron chi connectivity index (χ3n) is 9.22. The molecule has 6 rings (SSSR count). The van der Waals surface area contributed by atoms with Gasteiger partial charge in [-0.25, -0.2) is 0 Å². The van der Waals surface area contributed by atoms with E-state index in [0.29, 0.717) is 44.1 Å². The van der Waals surface area contributed by atoms with E-state index in [9.17, 15) is 24.3 Å². The standard InChI is InChI=1S/C27H33N3O6/c31-14-16-1-3-17(4-2-16)25(34)29-11-9-27(10-12-29)15-36-23-19-13-30(21-7-8-22(32)28-24(21)33)26(35)18(19)5-6-20(23)27/h5-6,16-17,21,31H,1-4,7-15H2,(H,28,32,33)/t16?,17?,21-/m0/s1. The summed E-state index contributed by atoms with van der Waals surface area (Å²) >= 11 is 0. The molecular formula is C27H33N3O6. The Labute approximate surface area is 210 Å². The summed E-state index contributed by atoms with van der Waals surface area (Å²) in [5, 5.41) is 11.7. The lowest BCUT2D eigenvalue weighted by molar-refractivity contribution is -0.139. The van der Waals surface area contributed by atoms with Crippen LogP contribution in [0.15, 0.2) is 12.1 Å². The van der Waals surface area contributed by atoms with Crippen molar-refractivity contribution in [2.45, 2.75) is 69.4 Å². The minimum Gasteiger partial charge on any atom is -0.492 e. The Balaban J connectivity index is 1.15. The lowest BCUT2D eigenvalue weighted by atomic mass is 9.73. The van der Waals surface area contributed by atoms with Crippen molar-refractivity contribution in [3.05, 3.63) is 28.8 Å². The van der Waals surface area contributed by atoms with Crippen LogP contribution in [0.3, 0.4) is 0 Å². The fourth-order valence-electron chi connectivity index (χ4n) is 6.90. The van der Waals surface area contributed by atoms with Gasteiger partial charge in [0, 0.05) is 54.1 Å². The van der Waals surface area contributed by atoms with Crippen LogP contribution >= 0.6 is 0 Å². The van der Waals surface area contributed by atoms with Gasteiger partial charge < -0.3 is 19.6 Å². The number of aliphatic hydroxyl groups excluding tert-OH is 1. The zero-order chi connectivity index (χ0) is 25.0. The second kappa shape index (κ2) is 8.87. The molecule has 4 heterocycles. The van der Waals surface area contributed by atoms with Gasteiger partial charge in [-0.1, -0.05) is 6.07 Å². The molecule has 0 radical (unpaired) electrons. The summed E-state index contributed by atoms with van der Waals surface area (Å²) in [6.07, 6.45) is 5.78. The van der Waals surface area contributed by atoms with Crippen LogP contribution < -0.4 is 10.1 Å². The number of amides is 4. The molecule has 0 aromatic heterocycles. The summed E-state index contributed by atoms with van der Waals surface area (Å²) in [6, 6.07) is 3.21. The predicted molar refractivity (Wildman–Crippen MR) is 128 cm³/mol. The van der Waals surface area contributed by atoms with Crippen LogP contribution in [0, 0.1) is 11.8 Å². The lowest BCUT2D eigenvalue weighted by Crippen LogP contribution is -2.52. The molecule has 192 valence electrons. The highest BCUT2D eigenvalue weighted by Crippen LogP contribution is 2.49. The Morgan fingerprint density at radius 2 is 1.83 bits per heavy atom. The fraction of sp³-hybridized carbons (Fsp3) is 0.630. The topological polar surface area (TPSA) is 116 Å². The van der Waals surface area contributed by atoms with Gasteiger partial charge in [0.1, 0.15) is 11.8 Å². The lowest BCUT2D eigenvalue weighted by Gasteiger charge is -2.40. The largest absolute Gasteiger partial charge is 0.492 e. The normalized spacial score (nSPS) is 29.1. The molecule has 5 aliphatic rings. The van der Waals surface area contributed by atoms with Crippen LogP contribution in [-0.2, 0) is 26.3 Å². The number of hydrogen-bond donors (Lipinski definition) is 2. The van der Waals surface area contributed by atoms with E-state index in [1.54, 1.807) is 4.90 Å². The molecule has 1 saturated carbocycles. The molecule has 1 atom stereocenters. The van der Waals surface area contributed by atoms with Crippen LogP contribution in [0.2, 0.25) is 0 Å². The minimum absolute atomic E-state index is 0.0708. The van der Waals surface area contributed by atoms with Gasteiger partial charge in [0.05, 0.1) is 13.2 Å². The third-order valence-corrected chi connectivity index (χ3v) is 9.22. The fourth-order valence-corrected chi connectivity index (χ4v) is 6.90. The van der Waals surface area contributed by atoms with E-state index in [-0.39, 0.29) is 42.1 Å². The van der Waals surface area contributed by atoms with Gasteiger partial charge in [-0.05, 0) is 56.9 Å². The van der Waals surface area contributed by atoms with E-state index in [1.807, 2.05) is 17.0 Å². The number of piperidine rings is 2. The molecule has 1 aromatic carbocycles. The van der Waals surface area contributed by atoms with Gasteiger partial charge in [-0.15, -0.1) is 0 Å². The van der Waals surface area contributed by atoms with E-state index in [4.69, 9.17) is 4.74 Å². The molecular weight excluding hydrogens is 462 g/mol. The monoisotopic (exact) mass is 495 g/mol. The van der Waals surface area contributed by atoms with E-state index >= 15 is 0 Å². The van der Waals surface area contributed by atoms with Crippen molar-refractivity contribution in [1.82, 2.24) is 15.1 Å². The van der Waals surface area contributed by atoms with Crippen LogP contribution in [0.4, 0.5) is 0 Å². The molecule has 1 aromatic rings. The highest BCUT2D eigenvalue weighted by molar-refractivity contribution is 6.05. The SMILES string of the molecule is O=C1CC[C@H](N2Cc3c(ccc4c3OCC43CCN(C(=O)C4CCC(CO)CC4)CC3)C2=O)C(=O)N1. The average Bonchev–Trinajstić information content (AvgIpc) is 3.42. The second-order valence-corrected chi connectivity index (χ2v) is 11.2. The molecule has 2 saturated heterocycles. The summed E-state index contributed by atoms with van der Waals surface area (Å²) < 4.78 is 6.24. The van der Waals surface area contributed by atoms with Crippen molar-refractivity contribution in [2.75, 3.05) is 26.3 Å². The number of likely N-dealkylation sites (tertiary alicyclic amines) is 1. The maximum absolute atomic E-state index is 13.2. The number of benzene rings is 1. The van der Waals surface area contributed by atoms with Gasteiger partial charge in [0.2, 0.25) is 17.7 Å². The highest BCUT2D eigenvalue weighted by Gasteiger charge is 2.48. The number of fused-ring (bicyclic) bond motifs is 4. The molecule has 4 aliphatic heterocycles. The minimum atomic E-state index is -0.643. The summed E-state index contributed by atoms with van der Waals surface area (Å²) in [6.45, 7) is 2.45. The predicted octanol–water partition coefficient (Wildman–Crippen LogP) is 1.50. The Morgan fingerprint density at radius 1 is 1.08 bits per heavy atom. The molecule has 1 spiro atoms. The van der Waals surface area contributed by atoms with Gasteiger partial charge in [-0.2, -0.15) is 0 Å². The zero-order valence-electron chi connectivity index (χ0n) is 20.5. The van der Waals surface area contributed by atoms with Crippen molar-refractivity contribution in [3.63, 3.8) is 0 Å². The number of ether oxygens (including phenoxy) is 1. The Bertz CT molecular complexity index is 1120. The number of carbonyl (C=O) groups excluding carboxylic acids is 4. The second-order valence-electron chi connectivity index (χ2n) is 11.2. The first kappa shape index (κ1) is 23.5. The van der Waals surface area contributed by atoms with E-state index in [1.165, 1.54) is 0 Å². The zero-order valence-corrected chi connectivity index (χ0v) is 20.5. The summed E-state index contributed by atoms with van der Waals surface area (Å²) in [5.74, 6) is 0.519. The molecule has 2 N–H and O–H groups in total. The first-order chi connectivity index (χ1) is 17.4. The summed E-state index contributed by atoms with van der Waals surface area (Å²) in [4.78, 5) is 53.8. The van der Waals surface area contributed by atoms with E-state index in [2.05, 4.69) is 5.32 Å². The third kappa shape index (κ3) is 3.70. The van der Waals surface area contributed by atoms with Crippen molar-refractivity contribution in [2.24, 2.45) is 11.8 Å². The summed E-state index contributed by atoms with van der Waals surface area (Å²) in [7, 11) is 0. The number of aliphatic hydroxyl groups is 1. The summed E-state index contributed by atoms with van der Waals surface area (Å²) in [5.41, 5.74) is 2.34. The number of nitrogens with one attached hydrogen (secondary N) is 1. The smallest absolute Gasteiger partial charge is 0.255 e. The Morgan fingerprint density at radius 3 is 2.53 bits per heavy atom. The molecule has 0 bridgehead atoms. The maximum Gasteiger partial charge on any atom is 0.255 e. The number of nitrogens with zero attached hydrogens (tertiary/aromatic N) is 2. The number of rotatable bonds is 3. The van der Waals surface area contributed by atoms with E-state index < -0.39 is 11.9 Å². The number of imide groups is 1. The average molecular weight is 496 g/mol. The molecule has 9 nitrogen and oxygen atoms in total. The van der Waals surface area contributed by atoms with Crippen LogP contribution in [0.5, 0.6) is 5.75 Å². The Kier molecular flexibility index (Phi) is 5.78. The first-order valence-electron chi connectivity index (χ1n) is 13.2. The number of hydrogen-bond acceptors (Lipinski definition) is 6. The number of carbonyl (C=O) groups is 4. The molecule has 36 heavy (non-hydrogen) atoms. The van der Waals surface area contributed by atoms with Gasteiger partial charge in [-0.3, -0.25) is 24.5 Å². The molecule has 0 unspecified atom stereocenters. The molecule has 4 amide bonds. The Hall–Kier alpha value is -2.94. The molecule has 1 aliphatic carbocycles. The van der Waals surface area contributed by atoms with Crippen molar-refractivity contribution in [1.29, 1.82) is 0 Å². The van der Waals surface area contributed by atoms with Crippen molar-refractivity contribution < 1.29 is 29.0 Å². The molecule has 3 fully saturated rings.